The van der Waals surface area contributed by atoms with Gasteiger partial charge in [0.25, 0.3) is 0 Å². The zero-order valence-electron chi connectivity index (χ0n) is 18.8. The lowest BCUT2D eigenvalue weighted by atomic mass is 9.97. The predicted molar refractivity (Wildman–Crippen MR) is 131 cm³/mol. The van der Waals surface area contributed by atoms with Gasteiger partial charge in [0.15, 0.2) is 11.5 Å². The number of carbonyl (C=O) groups is 2. The third-order valence-corrected chi connectivity index (χ3v) is 5.60. The number of ether oxygens (including phenoxy) is 1. The molecule has 0 aliphatic carbocycles. The van der Waals surface area contributed by atoms with Crippen LogP contribution < -0.4 is 16.2 Å². The summed E-state index contributed by atoms with van der Waals surface area (Å²) in [6.45, 7) is 1.98. The molecule has 0 aliphatic rings. The number of hydrogen-bond donors (Lipinski definition) is 3. The van der Waals surface area contributed by atoms with E-state index in [2.05, 4.69) is 0 Å². The van der Waals surface area contributed by atoms with E-state index in [1.807, 2.05) is 30.3 Å². The Labute approximate surface area is 196 Å². The Morgan fingerprint density at radius 2 is 1.68 bits per heavy atom. The molecule has 0 amide bonds. The molecule has 0 bridgehead atoms. The maximum atomic E-state index is 13.4. The van der Waals surface area contributed by atoms with Crippen molar-refractivity contribution in [3.8, 4) is 11.5 Å². The fourth-order valence-corrected chi connectivity index (χ4v) is 3.82. The van der Waals surface area contributed by atoms with E-state index >= 15 is 0 Å². The fourth-order valence-electron chi connectivity index (χ4n) is 3.82. The lowest BCUT2D eigenvalue weighted by molar-refractivity contribution is -0.117. The van der Waals surface area contributed by atoms with Crippen LogP contribution in [-0.2, 0) is 17.6 Å². The monoisotopic (exact) mass is 458 g/mol. The standard InChI is InChI=1S/C27H26N2O5/c1-16(30)7-10-23-25(26(31)18-13-21(28)27(32)22(29)14-18)20-9-8-19(15-24(20)34-23)33-12-11-17-5-3-2-4-6-17/h2-6,8-9,13-15,32H,7,10-12,28-29H2,1H3. The molecule has 3 aromatic carbocycles. The van der Waals surface area contributed by atoms with Crippen LogP contribution in [0.3, 0.4) is 0 Å². The topological polar surface area (TPSA) is 129 Å². The molecule has 0 aliphatic heterocycles. The molecule has 0 fully saturated rings. The van der Waals surface area contributed by atoms with Crippen LogP contribution in [0.4, 0.5) is 11.4 Å². The first-order chi connectivity index (χ1) is 16.3. The van der Waals surface area contributed by atoms with E-state index in [-0.39, 0.29) is 47.1 Å². The molecule has 7 heteroatoms. The lowest BCUT2D eigenvalue weighted by Gasteiger charge is -2.08. The van der Waals surface area contributed by atoms with Crippen LogP contribution in [0.2, 0.25) is 0 Å². The van der Waals surface area contributed by atoms with Gasteiger partial charge in [-0.2, -0.15) is 0 Å². The van der Waals surface area contributed by atoms with Gasteiger partial charge in [0.05, 0.1) is 23.5 Å². The number of ketones is 2. The second kappa shape index (κ2) is 9.70. The minimum absolute atomic E-state index is 0.00976. The third-order valence-electron chi connectivity index (χ3n) is 5.60. The SMILES string of the molecule is CC(=O)CCc1oc2cc(OCCc3ccccc3)ccc2c1C(=O)c1cc(N)c(O)c(N)c1. The molecule has 0 spiro atoms. The number of furan rings is 1. The number of fused-ring (bicyclic) bond motifs is 1. The minimum Gasteiger partial charge on any atom is -0.504 e. The summed E-state index contributed by atoms with van der Waals surface area (Å²) in [6.07, 6.45) is 1.27. The van der Waals surface area contributed by atoms with Crippen molar-refractivity contribution in [1.82, 2.24) is 0 Å². The number of phenols is 1. The Bertz CT molecular complexity index is 1340. The summed E-state index contributed by atoms with van der Waals surface area (Å²) in [6, 6.07) is 18.1. The average molecular weight is 459 g/mol. The first kappa shape index (κ1) is 22.9. The second-order valence-electron chi connectivity index (χ2n) is 8.18. The van der Waals surface area contributed by atoms with Crippen molar-refractivity contribution in [3.05, 3.63) is 83.1 Å². The van der Waals surface area contributed by atoms with E-state index in [0.717, 1.165) is 6.42 Å². The Kier molecular flexibility index (Phi) is 6.54. The smallest absolute Gasteiger partial charge is 0.197 e. The number of hydrogen-bond acceptors (Lipinski definition) is 7. The van der Waals surface area contributed by atoms with E-state index in [4.69, 9.17) is 20.6 Å². The molecule has 174 valence electrons. The molecule has 1 heterocycles. The molecule has 0 unspecified atom stereocenters. The number of benzene rings is 3. The molecule has 0 radical (unpaired) electrons. The number of nitrogen functional groups attached to an aromatic ring is 2. The number of nitrogens with two attached hydrogens (primary N) is 2. The van der Waals surface area contributed by atoms with Crippen molar-refractivity contribution in [2.45, 2.75) is 26.2 Å². The fraction of sp³-hybridized carbons (Fsp3) is 0.185. The second-order valence-corrected chi connectivity index (χ2v) is 8.18. The van der Waals surface area contributed by atoms with Gasteiger partial charge in [-0.3, -0.25) is 4.79 Å². The normalized spacial score (nSPS) is 11.0. The highest BCUT2D eigenvalue weighted by molar-refractivity contribution is 6.17. The zero-order valence-corrected chi connectivity index (χ0v) is 18.8. The zero-order chi connectivity index (χ0) is 24.2. The lowest BCUT2D eigenvalue weighted by Crippen LogP contribution is -2.07. The van der Waals surface area contributed by atoms with E-state index < -0.39 is 0 Å². The van der Waals surface area contributed by atoms with Crippen molar-refractivity contribution in [3.63, 3.8) is 0 Å². The van der Waals surface area contributed by atoms with Crippen LogP contribution in [0.5, 0.6) is 11.5 Å². The Balaban J connectivity index is 1.66. The van der Waals surface area contributed by atoms with Gasteiger partial charge in [-0.1, -0.05) is 30.3 Å². The van der Waals surface area contributed by atoms with Gasteiger partial charge >= 0.3 is 0 Å². The summed E-state index contributed by atoms with van der Waals surface area (Å²) in [7, 11) is 0. The summed E-state index contributed by atoms with van der Waals surface area (Å²) in [5, 5.41) is 10.5. The van der Waals surface area contributed by atoms with Crippen LogP contribution in [0.25, 0.3) is 11.0 Å². The molecule has 4 rings (SSSR count). The first-order valence-electron chi connectivity index (χ1n) is 11.0. The number of carbonyl (C=O) groups excluding carboxylic acids is 2. The Hall–Kier alpha value is -4.26. The van der Waals surface area contributed by atoms with Crippen molar-refractivity contribution in [1.29, 1.82) is 0 Å². The quantitative estimate of drug-likeness (QED) is 0.189. The Morgan fingerprint density at radius 3 is 2.35 bits per heavy atom. The highest BCUT2D eigenvalue weighted by Gasteiger charge is 2.24. The van der Waals surface area contributed by atoms with Crippen molar-refractivity contribution in [2.75, 3.05) is 18.1 Å². The number of phenolic OH excluding ortho intramolecular Hbond substituents is 1. The van der Waals surface area contributed by atoms with Crippen LogP contribution in [-0.4, -0.2) is 23.3 Å². The van der Waals surface area contributed by atoms with Gasteiger partial charge < -0.3 is 30.5 Å². The maximum Gasteiger partial charge on any atom is 0.197 e. The summed E-state index contributed by atoms with van der Waals surface area (Å²) in [5.41, 5.74) is 13.9. The van der Waals surface area contributed by atoms with Crippen LogP contribution in [0.1, 0.15) is 40.6 Å². The summed E-state index contributed by atoms with van der Waals surface area (Å²) in [4.78, 5) is 25.0. The Morgan fingerprint density at radius 1 is 0.971 bits per heavy atom. The predicted octanol–water partition coefficient (Wildman–Crippen LogP) is 4.68. The third kappa shape index (κ3) is 4.88. The number of Topliss-reactive ketones (excluding diaryl/α,β-unsaturated/α-hetero) is 1. The first-order valence-corrected chi connectivity index (χ1v) is 11.0. The molecule has 0 atom stereocenters. The highest BCUT2D eigenvalue weighted by atomic mass is 16.5. The summed E-state index contributed by atoms with van der Waals surface area (Å²) < 4.78 is 11.9. The largest absolute Gasteiger partial charge is 0.504 e. The van der Waals surface area contributed by atoms with E-state index in [0.29, 0.717) is 34.6 Å². The molecule has 4 aromatic rings. The number of anilines is 2. The average Bonchev–Trinajstić information content (AvgIpc) is 3.18. The molecule has 7 nitrogen and oxygen atoms in total. The van der Waals surface area contributed by atoms with Crippen molar-refractivity contribution >= 4 is 33.9 Å². The number of rotatable bonds is 9. The van der Waals surface area contributed by atoms with E-state index in [1.165, 1.54) is 24.6 Å². The molecule has 0 saturated heterocycles. The van der Waals surface area contributed by atoms with Gasteiger partial charge in [-0.15, -0.1) is 0 Å². The molecule has 34 heavy (non-hydrogen) atoms. The molecular formula is C27H26N2O5. The van der Waals surface area contributed by atoms with Gasteiger partial charge in [0.2, 0.25) is 0 Å². The highest BCUT2D eigenvalue weighted by Crippen LogP contribution is 2.34. The van der Waals surface area contributed by atoms with Gasteiger partial charge in [0.1, 0.15) is 22.9 Å². The van der Waals surface area contributed by atoms with Gasteiger partial charge in [-0.25, -0.2) is 0 Å². The number of aryl methyl sites for hydroxylation is 1. The molecule has 0 saturated carbocycles. The molecule has 1 aromatic heterocycles. The van der Waals surface area contributed by atoms with E-state index in [1.54, 1.807) is 18.2 Å². The van der Waals surface area contributed by atoms with Gasteiger partial charge in [-0.05, 0) is 36.8 Å². The number of aromatic hydroxyl groups is 1. The van der Waals surface area contributed by atoms with Crippen LogP contribution in [0.15, 0.2) is 65.1 Å². The summed E-state index contributed by atoms with van der Waals surface area (Å²) >= 11 is 0. The van der Waals surface area contributed by atoms with Crippen molar-refractivity contribution in [2.24, 2.45) is 0 Å². The van der Waals surface area contributed by atoms with Crippen molar-refractivity contribution < 1.29 is 23.8 Å². The van der Waals surface area contributed by atoms with Gasteiger partial charge in [0, 0.05) is 36.3 Å². The van der Waals surface area contributed by atoms with Crippen LogP contribution in [0, 0.1) is 0 Å². The summed E-state index contributed by atoms with van der Waals surface area (Å²) in [5.74, 6) is 0.396. The minimum atomic E-state index is -0.353. The van der Waals surface area contributed by atoms with Crippen LogP contribution >= 0.6 is 0 Å². The molecular weight excluding hydrogens is 432 g/mol. The molecule has 5 N–H and O–H groups in total. The van der Waals surface area contributed by atoms with E-state index in [9.17, 15) is 14.7 Å². The maximum absolute atomic E-state index is 13.4.